The zero-order valence-corrected chi connectivity index (χ0v) is 12.2. The number of aliphatic carboxylic acids is 1. The van der Waals surface area contributed by atoms with E-state index in [4.69, 9.17) is 5.11 Å². The lowest BCUT2D eigenvalue weighted by molar-refractivity contribution is -0.138. The van der Waals surface area contributed by atoms with Crippen molar-refractivity contribution in [3.63, 3.8) is 0 Å². The monoisotopic (exact) mass is 283 g/mol. The maximum atomic E-state index is 12.2. The predicted molar refractivity (Wildman–Crippen MR) is 75.6 cm³/mol. The number of nitrogens with zero attached hydrogens (tertiary/aromatic N) is 2. The van der Waals surface area contributed by atoms with Gasteiger partial charge in [-0.15, -0.1) is 0 Å². The van der Waals surface area contributed by atoms with Gasteiger partial charge in [0.05, 0.1) is 6.54 Å². The minimum absolute atomic E-state index is 0.000579. The van der Waals surface area contributed by atoms with Gasteiger partial charge in [-0.3, -0.25) is 9.69 Å². The average molecular weight is 283 g/mol. The highest BCUT2D eigenvalue weighted by Crippen LogP contribution is 2.27. The summed E-state index contributed by atoms with van der Waals surface area (Å²) in [5.41, 5.74) is 0. The lowest BCUT2D eigenvalue weighted by atomic mass is 10.00. The second-order valence-corrected chi connectivity index (χ2v) is 5.94. The summed E-state index contributed by atoms with van der Waals surface area (Å²) in [6.07, 6.45) is 4.99. The Morgan fingerprint density at radius 1 is 1.20 bits per heavy atom. The topological polar surface area (TPSA) is 72.9 Å². The summed E-state index contributed by atoms with van der Waals surface area (Å²) in [5.74, 6) is -0.190. The van der Waals surface area contributed by atoms with Gasteiger partial charge in [-0.25, -0.2) is 4.79 Å². The third kappa shape index (κ3) is 4.10. The van der Waals surface area contributed by atoms with Crippen molar-refractivity contribution in [2.24, 2.45) is 5.92 Å². The molecule has 2 aliphatic rings. The Labute approximate surface area is 120 Å². The Morgan fingerprint density at radius 3 is 2.35 bits per heavy atom. The first-order valence-electron chi connectivity index (χ1n) is 7.56. The van der Waals surface area contributed by atoms with Crippen LogP contribution in [0.2, 0.25) is 0 Å². The van der Waals surface area contributed by atoms with Crippen molar-refractivity contribution in [1.82, 2.24) is 15.1 Å². The van der Waals surface area contributed by atoms with E-state index in [-0.39, 0.29) is 18.6 Å². The Morgan fingerprint density at radius 2 is 1.80 bits per heavy atom. The van der Waals surface area contributed by atoms with Gasteiger partial charge >= 0.3 is 12.0 Å². The SMILES string of the molecule is CC(NC(=O)N1CCN(CC(=O)O)CC1)C1CCCC1. The van der Waals surface area contributed by atoms with Crippen LogP contribution in [0.3, 0.4) is 0 Å². The van der Waals surface area contributed by atoms with Crippen molar-refractivity contribution in [2.45, 2.75) is 38.6 Å². The molecular weight excluding hydrogens is 258 g/mol. The van der Waals surface area contributed by atoms with Gasteiger partial charge < -0.3 is 15.3 Å². The lowest BCUT2D eigenvalue weighted by Crippen LogP contribution is -2.54. The van der Waals surface area contributed by atoms with Crippen molar-refractivity contribution in [1.29, 1.82) is 0 Å². The summed E-state index contributed by atoms with van der Waals surface area (Å²) in [6, 6.07) is 0.237. The standard InChI is InChI=1S/C14H25N3O3/c1-11(12-4-2-3-5-12)15-14(20)17-8-6-16(7-9-17)10-13(18)19/h11-12H,2-10H2,1H3,(H,15,20)(H,18,19). The minimum atomic E-state index is -0.808. The van der Waals surface area contributed by atoms with Gasteiger partial charge in [0.25, 0.3) is 0 Å². The molecule has 1 atom stereocenters. The maximum absolute atomic E-state index is 12.2. The number of nitrogens with one attached hydrogen (secondary N) is 1. The van der Waals surface area contributed by atoms with Crippen molar-refractivity contribution < 1.29 is 14.7 Å². The van der Waals surface area contributed by atoms with Crippen LogP contribution in [0.25, 0.3) is 0 Å². The number of carboxylic acids is 1. The van der Waals surface area contributed by atoms with Gasteiger partial charge in [0.15, 0.2) is 0 Å². The normalized spacial score (nSPS) is 22.8. The van der Waals surface area contributed by atoms with E-state index in [1.54, 1.807) is 4.90 Å². The summed E-state index contributed by atoms with van der Waals surface area (Å²) in [6.45, 7) is 4.64. The largest absolute Gasteiger partial charge is 0.480 e. The van der Waals surface area contributed by atoms with Crippen LogP contribution in [0.4, 0.5) is 4.79 Å². The van der Waals surface area contributed by atoms with Gasteiger partial charge in [-0.2, -0.15) is 0 Å². The number of hydrogen-bond acceptors (Lipinski definition) is 3. The van der Waals surface area contributed by atoms with Crippen molar-refractivity contribution in [3.05, 3.63) is 0 Å². The molecule has 114 valence electrons. The molecule has 2 rings (SSSR count). The van der Waals surface area contributed by atoms with Crippen molar-refractivity contribution in [3.8, 4) is 0 Å². The second-order valence-electron chi connectivity index (χ2n) is 5.94. The van der Waals surface area contributed by atoms with Crippen molar-refractivity contribution in [2.75, 3.05) is 32.7 Å². The average Bonchev–Trinajstić information content (AvgIpc) is 2.92. The maximum Gasteiger partial charge on any atom is 0.317 e. The summed E-state index contributed by atoms with van der Waals surface area (Å²) >= 11 is 0. The predicted octanol–water partition coefficient (Wildman–Crippen LogP) is 0.977. The number of carbonyl (C=O) groups excluding carboxylic acids is 1. The third-order valence-electron chi connectivity index (χ3n) is 4.48. The number of carbonyl (C=O) groups is 2. The molecule has 1 unspecified atom stereocenters. The molecule has 0 bridgehead atoms. The Bertz CT molecular complexity index is 348. The molecule has 0 spiro atoms. The van der Waals surface area contributed by atoms with Gasteiger partial charge in [0.2, 0.25) is 0 Å². The van der Waals surface area contributed by atoms with Crippen LogP contribution < -0.4 is 5.32 Å². The van der Waals surface area contributed by atoms with E-state index in [9.17, 15) is 9.59 Å². The van der Waals surface area contributed by atoms with E-state index in [1.165, 1.54) is 25.7 Å². The first-order valence-corrected chi connectivity index (χ1v) is 7.56. The molecule has 2 N–H and O–H groups in total. The second kappa shape index (κ2) is 6.92. The molecular formula is C14H25N3O3. The van der Waals surface area contributed by atoms with E-state index >= 15 is 0 Å². The smallest absolute Gasteiger partial charge is 0.317 e. The zero-order chi connectivity index (χ0) is 14.5. The Hall–Kier alpha value is -1.30. The van der Waals surface area contributed by atoms with Crippen LogP contribution in [0.1, 0.15) is 32.6 Å². The first-order chi connectivity index (χ1) is 9.56. The van der Waals surface area contributed by atoms with Gasteiger partial charge in [0, 0.05) is 32.2 Å². The molecule has 20 heavy (non-hydrogen) atoms. The fraction of sp³-hybridized carbons (Fsp3) is 0.857. The Balaban J connectivity index is 1.72. The summed E-state index contributed by atoms with van der Waals surface area (Å²) in [7, 11) is 0. The van der Waals surface area contributed by atoms with E-state index in [1.807, 2.05) is 4.90 Å². The number of piperazine rings is 1. The molecule has 0 aromatic rings. The van der Waals surface area contributed by atoms with Crippen LogP contribution in [0.5, 0.6) is 0 Å². The van der Waals surface area contributed by atoms with E-state index < -0.39 is 5.97 Å². The number of rotatable bonds is 4. The first kappa shape index (κ1) is 15.1. The molecule has 2 fully saturated rings. The van der Waals surface area contributed by atoms with Crippen LogP contribution >= 0.6 is 0 Å². The number of amides is 2. The van der Waals surface area contributed by atoms with Crippen LogP contribution in [0, 0.1) is 5.92 Å². The summed E-state index contributed by atoms with van der Waals surface area (Å²) < 4.78 is 0. The molecule has 1 saturated carbocycles. The zero-order valence-electron chi connectivity index (χ0n) is 12.2. The van der Waals surface area contributed by atoms with Crippen LogP contribution in [-0.2, 0) is 4.79 Å². The summed E-state index contributed by atoms with van der Waals surface area (Å²) in [4.78, 5) is 26.5. The third-order valence-corrected chi connectivity index (χ3v) is 4.48. The highest BCUT2D eigenvalue weighted by Gasteiger charge is 2.26. The molecule has 0 aromatic carbocycles. The molecule has 0 radical (unpaired) electrons. The molecule has 6 heteroatoms. The molecule has 1 aliphatic carbocycles. The van der Waals surface area contributed by atoms with Gasteiger partial charge in [0.1, 0.15) is 0 Å². The Kier molecular flexibility index (Phi) is 5.23. The highest BCUT2D eigenvalue weighted by atomic mass is 16.4. The molecule has 6 nitrogen and oxygen atoms in total. The van der Waals surface area contributed by atoms with E-state index in [0.29, 0.717) is 32.1 Å². The van der Waals surface area contributed by atoms with Gasteiger partial charge in [-0.1, -0.05) is 12.8 Å². The fourth-order valence-electron chi connectivity index (χ4n) is 3.16. The van der Waals surface area contributed by atoms with Crippen LogP contribution in [0.15, 0.2) is 0 Å². The molecule has 2 amide bonds. The van der Waals surface area contributed by atoms with Crippen LogP contribution in [-0.4, -0.2) is 65.7 Å². The van der Waals surface area contributed by atoms with Crippen molar-refractivity contribution >= 4 is 12.0 Å². The number of urea groups is 1. The minimum Gasteiger partial charge on any atom is -0.480 e. The number of carboxylic acid groups (broad SMARTS) is 1. The lowest BCUT2D eigenvalue weighted by Gasteiger charge is -2.35. The van der Waals surface area contributed by atoms with Gasteiger partial charge in [-0.05, 0) is 25.7 Å². The molecule has 0 aromatic heterocycles. The molecule has 1 heterocycles. The summed E-state index contributed by atoms with van der Waals surface area (Å²) in [5, 5.41) is 11.8. The number of hydrogen-bond donors (Lipinski definition) is 2. The highest BCUT2D eigenvalue weighted by molar-refractivity contribution is 5.74. The molecule has 1 aliphatic heterocycles. The molecule has 1 saturated heterocycles. The van der Waals surface area contributed by atoms with E-state index in [2.05, 4.69) is 12.2 Å². The fourth-order valence-corrected chi connectivity index (χ4v) is 3.16. The van der Waals surface area contributed by atoms with E-state index in [0.717, 1.165) is 0 Å². The quantitative estimate of drug-likeness (QED) is 0.806.